The predicted molar refractivity (Wildman–Crippen MR) is 123 cm³/mol. The lowest BCUT2D eigenvalue weighted by molar-refractivity contribution is -0.135. The zero-order chi connectivity index (χ0) is 21.5. The molecule has 1 fully saturated rings. The fraction of sp³-hybridized carbons (Fsp3) is 0.520. The van der Waals surface area contributed by atoms with Crippen LogP contribution in [-0.2, 0) is 17.8 Å². The van der Waals surface area contributed by atoms with Crippen molar-refractivity contribution in [3.8, 4) is 5.75 Å². The number of piperidine rings is 1. The number of aromatic nitrogens is 1. The first kappa shape index (κ1) is 21.6. The minimum atomic E-state index is 0.311. The number of nitrogen functional groups attached to an aromatic ring is 1. The highest BCUT2D eigenvalue weighted by Gasteiger charge is 2.26. The van der Waals surface area contributed by atoms with Gasteiger partial charge in [-0.1, -0.05) is 18.2 Å². The SMILES string of the molecule is Nc1ncccc1CN1CCCC(=O)N2CCCCC2CCc2cccc(c2)OCC1. The van der Waals surface area contributed by atoms with E-state index in [-0.39, 0.29) is 0 Å². The lowest BCUT2D eigenvalue weighted by Crippen LogP contribution is -2.44. The molecule has 2 bridgehead atoms. The maximum Gasteiger partial charge on any atom is 0.222 e. The van der Waals surface area contributed by atoms with E-state index < -0.39 is 0 Å². The van der Waals surface area contributed by atoms with Crippen molar-refractivity contribution in [1.29, 1.82) is 0 Å². The van der Waals surface area contributed by atoms with Crippen LogP contribution >= 0.6 is 0 Å². The van der Waals surface area contributed by atoms with Gasteiger partial charge in [0.15, 0.2) is 0 Å². The first-order valence-corrected chi connectivity index (χ1v) is 11.6. The summed E-state index contributed by atoms with van der Waals surface area (Å²) in [5, 5.41) is 0. The van der Waals surface area contributed by atoms with E-state index in [1.165, 1.54) is 12.0 Å². The van der Waals surface area contributed by atoms with E-state index in [0.29, 0.717) is 37.3 Å². The monoisotopic (exact) mass is 422 g/mol. The molecule has 0 aliphatic carbocycles. The molecule has 0 radical (unpaired) electrons. The van der Waals surface area contributed by atoms with E-state index >= 15 is 0 Å². The van der Waals surface area contributed by atoms with Gasteiger partial charge < -0.3 is 15.4 Å². The molecule has 4 rings (SSSR count). The third-order valence-electron chi connectivity index (χ3n) is 6.47. The number of pyridine rings is 1. The second-order valence-electron chi connectivity index (χ2n) is 8.70. The lowest BCUT2D eigenvalue weighted by Gasteiger charge is -2.36. The quantitative estimate of drug-likeness (QED) is 0.800. The number of carbonyl (C=O) groups is 1. The average molecular weight is 423 g/mol. The largest absolute Gasteiger partial charge is 0.492 e. The van der Waals surface area contributed by atoms with Crippen LogP contribution in [-0.4, -0.2) is 53.0 Å². The number of nitrogens with two attached hydrogens (primary N) is 1. The van der Waals surface area contributed by atoms with Crippen LogP contribution in [0.5, 0.6) is 5.75 Å². The molecule has 1 aromatic carbocycles. The maximum atomic E-state index is 13.0. The summed E-state index contributed by atoms with van der Waals surface area (Å²) in [6.07, 6.45) is 8.64. The molecule has 0 spiro atoms. The minimum Gasteiger partial charge on any atom is -0.492 e. The summed E-state index contributed by atoms with van der Waals surface area (Å²) >= 11 is 0. The number of hydrogen-bond donors (Lipinski definition) is 1. The normalized spacial score (nSPS) is 21.5. The number of fused-ring (bicyclic) bond motifs is 3. The Morgan fingerprint density at radius 3 is 2.87 bits per heavy atom. The number of ether oxygens (including phenoxy) is 1. The Balaban J connectivity index is 1.49. The molecule has 166 valence electrons. The van der Waals surface area contributed by atoms with Crippen LogP contribution in [0.15, 0.2) is 42.6 Å². The molecule has 6 heteroatoms. The van der Waals surface area contributed by atoms with E-state index in [2.05, 4.69) is 33.0 Å². The zero-order valence-corrected chi connectivity index (χ0v) is 18.3. The molecule has 2 aliphatic rings. The topological polar surface area (TPSA) is 71.7 Å². The van der Waals surface area contributed by atoms with E-state index in [1.54, 1.807) is 6.20 Å². The molecule has 6 nitrogen and oxygen atoms in total. The van der Waals surface area contributed by atoms with E-state index in [1.807, 2.05) is 18.2 Å². The smallest absolute Gasteiger partial charge is 0.222 e. The standard InChI is InChI=1S/C25H34N4O2/c26-25-21(7-4-13-27-25)19-28-14-5-10-24(30)29-15-2-1-8-22(29)12-11-20-6-3-9-23(18-20)31-17-16-28/h3-4,6-7,9,13,18,22H,1-2,5,8,10-12,14-17,19H2,(H2,26,27). The van der Waals surface area contributed by atoms with Gasteiger partial charge in [0.1, 0.15) is 18.2 Å². The number of anilines is 1. The van der Waals surface area contributed by atoms with Gasteiger partial charge in [-0.15, -0.1) is 0 Å². The van der Waals surface area contributed by atoms with Gasteiger partial charge in [0.2, 0.25) is 5.91 Å². The Kier molecular flexibility index (Phi) is 7.41. The van der Waals surface area contributed by atoms with Gasteiger partial charge >= 0.3 is 0 Å². The summed E-state index contributed by atoms with van der Waals surface area (Å²) in [5.74, 6) is 1.80. The minimum absolute atomic E-state index is 0.311. The van der Waals surface area contributed by atoms with Crippen molar-refractivity contribution in [2.24, 2.45) is 0 Å². The average Bonchev–Trinajstić information content (AvgIpc) is 2.79. The van der Waals surface area contributed by atoms with E-state index in [0.717, 1.165) is 63.1 Å². The van der Waals surface area contributed by atoms with Gasteiger partial charge in [-0.3, -0.25) is 9.69 Å². The Morgan fingerprint density at radius 1 is 1.03 bits per heavy atom. The van der Waals surface area contributed by atoms with Crippen molar-refractivity contribution in [3.63, 3.8) is 0 Å². The number of rotatable bonds is 2. The molecular weight excluding hydrogens is 388 g/mol. The summed E-state index contributed by atoms with van der Waals surface area (Å²) in [6.45, 7) is 3.83. The molecule has 1 aromatic heterocycles. The summed E-state index contributed by atoms with van der Waals surface area (Å²) in [4.78, 5) is 21.7. The number of aryl methyl sites for hydroxylation is 1. The highest BCUT2D eigenvalue weighted by atomic mass is 16.5. The first-order chi connectivity index (χ1) is 15.2. The van der Waals surface area contributed by atoms with Crippen LogP contribution in [0.25, 0.3) is 0 Å². The lowest BCUT2D eigenvalue weighted by atomic mass is 9.95. The number of amides is 1. The van der Waals surface area contributed by atoms with Crippen LogP contribution < -0.4 is 10.5 Å². The molecule has 3 heterocycles. The summed E-state index contributed by atoms with van der Waals surface area (Å²) < 4.78 is 6.08. The number of benzene rings is 1. The number of nitrogens with zero attached hydrogens (tertiary/aromatic N) is 3. The molecule has 1 unspecified atom stereocenters. The van der Waals surface area contributed by atoms with Crippen molar-refractivity contribution in [3.05, 3.63) is 53.7 Å². The Morgan fingerprint density at radius 2 is 1.97 bits per heavy atom. The second kappa shape index (κ2) is 10.6. The van der Waals surface area contributed by atoms with Crippen molar-refractivity contribution < 1.29 is 9.53 Å². The number of hydrogen-bond acceptors (Lipinski definition) is 5. The van der Waals surface area contributed by atoms with Gasteiger partial charge in [0, 0.05) is 43.9 Å². The predicted octanol–water partition coefficient (Wildman–Crippen LogP) is 3.65. The first-order valence-electron chi connectivity index (χ1n) is 11.6. The van der Waals surface area contributed by atoms with Crippen LogP contribution in [0.1, 0.15) is 49.7 Å². The van der Waals surface area contributed by atoms with Crippen LogP contribution in [0, 0.1) is 0 Å². The van der Waals surface area contributed by atoms with Gasteiger partial charge in [-0.25, -0.2) is 4.98 Å². The van der Waals surface area contributed by atoms with Crippen LogP contribution in [0.4, 0.5) is 5.82 Å². The highest BCUT2D eigenvalue weighted by molar-refractivity contribution is 5.76. The maximum absolute atomic E-state index is 13.0. The Hall–Kier alpha value is -2.60. The third kappa shape index (κ3) is 5.97. The van der Waals surface area contributed by atoms with Crippen LogP contribution in [0.3, 0.4) is 0 Å². The third-order valence-corrected chi connectivity index (χ3v) is 6.47. The summed E-state index contributed by atoms with van der Waals surface area (Å²) in [6, 6.07) is 12.7. The zero-order valence-electron chi connectivity index (χ0n) is 18.3. The van der Waals surface area contributed by atoms with E-state index in [4.69, 9.17) is 10.5 Å². The van der Waals surface area contributed by atoms with Crippen molar-refractivity contribution in [2.45, 2.75) is 57.5 Å². The Labute approximate surface area is 185 Å². The molecule has 1 atom stereocenters. The summed E-state index contributed by atoms with van der Waals surface area (Å²) in [7, 11) is 0. The molecule has 1 amide bonds. The Bertz CT molecular complexity index is 872. The highest BCUT2D eigenvalue weighted by Crippen LogP contribution is 2.24. The second-order valence-corrected chi connectivity index (χ2v) is 8.70. The molecule has 0 saturated carbocycles. The van der Waals surface area contributed by atoms with Crippen LogP contribution in [0.2, 0.25) is 0 Å². The summed E-state index contributed by atoms with van der Waals surface area (Å²) in [5.41, 5.74) is 8.37. The van der Waals surface area contributed by atoms with Crippen molar-refractivity contribution >= 4 is 11.7 Å². The van der Waals surface area contributed by atoms with Gasteiger partial charge in [-0.2, -0.15) is 0 Å². The molecule has 2 aromatic rings. The fourth-order valence-electron chi connectivity index (χ4n) is 4.74. The van der Waals surface area contributed by atoms with Gasteiger partial charge in [-0.05, 0) is 68.8 Å². The molecule has 2 aliphatic heterocycles. The van der Waals surface area contributed by atoms with E-state index in [9.17, 15) is 4.79 Å². The fourth-order valence-corrected chi connectivity index (χ4v) is 4.74. The van der Waals surface area contributed by atoms with Gasteiger partial charge in [0.25, 0.3) is 0 Å². The van der Waals surface area contributed by atoms with Crippen molar-refractivity contribution in [1.82, 2.24) is 14.8 Å². The molecule has 31 heavy (non-hydrogen) atoms. The van der Waals surface area contributed by atoms with Crippen molar-refractivity contribution in [2.75, 3.05) is 32.0 Å². The molecular formula is C25H34N4O2. The van der Waals surface area contributed by atoms with Gasteiger partial charge in [0.05, 0.1) is 0 Å². The number of carbonyl (C=O) groups excluding carboxylic acids is 1. The molecule has 2 N–H and O–H groups in total. The molecule has 1 saturated heterocycles.